The van der Waals surface area contributed by atoms with Crippen LogP contribution in [0.25, 0.3) is 0 Å². The molecule has 0 aliphatic heterocycles. The lowest BCUT2D eigenvalue weighted by atomic mass is 10.1. The van der Waals surface area contributed by atoms with Crippen LogP contribution in [-0.4, -0.2) is 40.8 Å². The molecule has 1 aromatic heterocycles. The van der Waals surface area contributed by atoms with E-state index in [2.05, 4.69) is 15.0 Å². The Kier molecular flexibility index (Phi) is 6.14. The second-order valence-electron chi connectivity index (χ2n) is 4.41. The van der Waals surface area contributed by atoms with Crippen LogP contribution in [0.4, 0.5) is 13.2 Å². The van der Waals surface area contributed by atoms with Crippen molar-refractivity contribution in [3.05, 3.63) is 23.9 Å². The van der Waals surface area contributed by atoms with Gasteiger partial charge in [-0.3, -0.25) is 4.79 Å². The minimum Gasteiger partial charge on any atom is -0.480 e. The fourth-order valence-electron chi connectivity index (χ4n) is 1.61. The van der Waals surface area contributed by atoms with Crippen molar-refractivity contribution < 1.29 is 32.6 Å². The largest absolute Gasteiger partial charge is 0.480 e. The van der Waals surface area contributed by atoms with E-state index < -0.39 is 36.6 Å². The van der Waals surface area contributed by atoms with E-state index in [-0.39, 0.29) is 12.0 Å². The second kappa shape index (κ2) is 7.62. The third kappa shape index (κ3) is 5.58. The highest BCUT2D eigenvalue weighted by Gasteiger charge is 2.30. The Morgan fingerprint density at radius 1 is 1.45 bits per heavy atom. The number of aliphatic carboxylic acids is 1. The molecule has 0 radical (unpaired) electrons. The number of carbonyl (C=O) groups is 2. The van der Waals surface area contributed by atoms with Crippen LogP contribution in [0.3, 0.4) is 0 Å². The molecule has 0 aliphatic carbocycles. The van der Waals surface area contributed by atoms with Crippen LogP contribution in [0.1, 0.15) is 30.1 Å². The highest BCUT2D eigenvalue weighted by atomic mass is 19.4. The number of carboxylic acids is 1. The number of halogens is 3. The van der Waals surface area contributed by atoms with Gasteiger partial charge in [-0.2, -0.15) is 13.2 Å². The van der Waals surface area contributed by atoms with Crippen LogP contribution < -0.4 is 10.1 Å². The number of carboxylic acid groups (broad SMARTS) is 1. The van der Waals surface area contributed by atoms with Crippen molar-refractivity contribution in [3.8, 4) is 5.88 Å². The predicted octanol–water partition coefficient (Wildman–Crippen LogP) is 2.01. The zero-order valence-electron chi connectivity index (χ0n) is 11.7. The first-order valence-corrected chi connectivity index (χ1v) is 6.43. The van der Waals surface area contributed by atoms with E-state index in [0.29, 0.717) is 6.42 Å². The van der Waals surface area contributed by atoms with Crippen LogP contribution >= 0.6 is 0 Å². The third-order valence-electron chi connectivity index (χ3n) is 2.57. The maximum Gasteiger partial charge on any atom is 0.422 e. The van der Waals surface area contributed by atoms with Gasteiger partial charge < -0.3 is 15.2 Å². The van der Waals surface area contributed by atoms with E-state index in [1.807, 2.05) is 0 Å². The molecule has 22 heavy (non-hydrogen) atoms. The molecule has 0 aliphatic rings. The van der Waals surface area contributed by atoms with Crippen molar-refractivity contribution in [2.75, 3.05) is 6.61 Å². The van der Waals surface area contributed by atoms with Gasteiger partial charge in [0.05, 0.1) is 0 Å². The van der Waals surface area contributed by atoms with Crippen molar-refractivity contribution in [2.24, 2.45) is 0 Å². The molecular weight excluding hydrogens is 305 g/mol. The first-order valence-electron chi connectivity index (χ1n) is 6.43. The van der Waals surface area contributed by atoms with E-state index in [0.717, 1.165) is 0 Å². The highest BCUT2D eigenvalue weighted by molar-refractivity contribution is 5.98. The minimum atomic E-state index is -4.57. The molecule has 0 saturated carbocycles. The average molecular weight is 320 g/mol. The molecular formula is C13H15F3N2O4. The zero-order valence-corrected chi connectivity index (χ0v) is 11.7. The van der Waals surface area contributed by atoms with Crippen LogP contribution in [0, 0.1) is 0 Å². The van der Waals surface area contributed by atoms with Gasteiger partial charge in [-0.25, -0.2) is 9.78 Å². The molecule has 6 nitrogen and oxygen atoms in total. The Labute approximate surface area is 124 Å². The first kappa shape index (κ1) is 17.7. The number of aromatic nitrogens is 1. The molecule has 0 bridgehead atoms. The van der Waals surface area contributed by atoms with Crippen LogP contribution in [0.2, 0.25) is 0 Å². The Morgan fingerprint density at radius 2 is 2.14 bits per heavy atom. The molecule has 1 rings (SSSR count). The SMILES string of the molecule is CCCC(NC(=O)c1cccnc1OCC(F)(F)F)C(=O)O. The van der Waals surface area contributed by atoms with Crippen molar-refractivity contribution >= 4 is 11.9 Å². The number of nitrogens with one attached hydrogen (secondary N) is 1. The van der Waals surface area contributed by atoms with Gasteiger partial charge >= 0.3 is 12.1 Å². The Morgan fingerprint density at radius 3 is 2.68 bits per heavy atom. The van der Waals surface area contributed by atoms with Gasteiger partial charge in [-0.15, -0.1) is 0 Å². The second-order valence-corrected chi connectivity index (χ2v) is 4.41. The van der Waals surface area contributed by atoms with Gasteiger partial charge in [0.25, 0.3) is 5.91 Å². The summed E-state index contributed by atoms with van der Waals surface area (Å²) in [5.41, 5.74) is -0.255. The normalized spacial score (nSPS) is 12.5. The van der Waals surface area contributed by atoms with Gasteiger partial charge in [0.1, 0.15) is 11.6 Å². The number of amides is 1. The monoisotopic (exact) mass is 320 g/mol. The standard InChI is InChI=1S/C13H15F3N2O4/c1-2-4-9(12(20)21)18-10(19)8-5-3-6-17-11(8)22-7-13(14,15)16/h3,5-6,9H,2,4,7H2,1H3,(H,18,19)(H,20,21). The number of nitrogens with zero attached hydrogens (tertiary/aromatic N) is 1. The maximum atomic E-state index is 12.2. The van der Waals surface area contributed by atoms with Crippen LogP contribution in [0.5, 0.6) is 5.88 Å². The Hall–Kier alpha value is -2.32. The lowest BCUT2D eigenvalue weighted by Gasteiger charge is -2.15. The number of carbonyl (C=O) groups excluding carboxylic acids is 1. The summed E-state index contributed by atoms with van der Waals surface area (Å²) < 4.78 is 41.0. The summed E-state index contributed by atoms with van der Waals surface area (Å²) in [6, 6.07) is 1.41. The number of alkyl halides is 3. The first-order chi connectivity index (χ1) is 10.2. The molecule has 1 aromatic rings. The summed E-state index contributed by atoms with van der Waals surface area (Å²) in [5.74, 6) is -2.58. The molecule has 0 aromatic carbocycles. The molecule has 1 unspecified atom stereocenters. The van der Waals surface area contributed by atoms with E-state index in [1.165, 1.54) is 18.3 Å². The summed E-state index contributed by atoms with van der Waals surface area (Å²) in [7, 11) is 0. The molecule has 0 spiro atoms. The number of ether oxygens (including phenoxy) is 1. The van der Waals surface area contributed by atoms with E-state index >= 15 is 0 Å². The molecule has 122 valence electrons. The van der Waals surface area contributed by atoms with Crippen LogP contribution in [-0.2, 0) is 4.79 Å². The van der Waals surface area contributed by atoms with Gasteiger partial charge in [-0.05, 0) is 18.6 Å². The minimum absolute atomic E-state index is 0.195. The Balaban J connectivity index is 2.86. The lowest BCUT2D eigenvalue weighted by molar-refractivity contribution is -0.154. The van der Waals surface area contributed by atoms with E-state index in [4.69, 9.17) is 5.11 Å². The quantitative estimate of drug-likeness (QED) is 0.802. The van der Waals surface area contributed by atoms with Crippen LogP contribution in [0.15, 0.2) is 18.3 Å². The number of rotatable bonds is 7. The summed E-state index contributed by atoms with van der Waals surface area (Å²) in [5, 5.41) is 11.2. The van der Waals surface area contributed by atoms with E-state index in [9.17, 15) is 22.8 Å². The van der Waals surface area contributed by atoms with Crippen molar-refractivity contribution in [3.63, 3.8) is 0 Å². The summed E-state index contributed by atoms with van der Waals surface area (Å²) in [6.07, 6.45) is -2.69. The summed E-state index contributed by atoms with van der Waals surface area (Å²) >= 11 is 0. The molecule has 0 saturated heterocycles. The fraction of sp³-hybridized carbons (Fsp3) is 0.462. The average Bonchev–Trinajstić information content (AvgIpc) is 2.44. The third-order valence-corrected chi connectivity index (χ3v) is 2.57. The van der Waals surface area contributed by atoms with E-state index in [1.54, 1.807) is 6.92 Å². The molecule has 9 heteroatoms. The summed E-state index contributed by atoms with van der Waals surface area (Å²) in [4.78, 5) is 26.6. The molecule has 2 N–H and O–H groups in total. The zero-order chi connectivity index (χ0) is 16.8. The summed E-state index contributed by atoms with van der Waals surface area (Å²) in [6.45, 7) is 0.144. The van der Waals surface area contributed by atoms with Gasteiger partial charge in [0.2, 0.25) is 5.88 Å². The van der Waals surface area contributed by atoms with Crippen molar-refractivity contribution in [1.29, 1.82) is 0 Å². The molecule has 1 amide bonds. The lowest BCUT2D eigenvalue weighted by Crippen LogP contribution is -2.40. The van der Waals surface area contributed by atoms with Crippen molar-refractivity contribution in [1.82, 2.24) is 10.3 Å². The van der Waals surface area contributed by atoms with Gasteiger partial charge in [0.15, 0.2) is 6.61 Å². The molecule has 0 fully saturated rings. The molecule has 1 atom stereocenters. The molecule has 1 heterocycles. The highest BCUT2D eigenvalue weighted by Crippen LogP contribution is 2.20. The van der Waals surface area contributed by atoms with Gasteiger partial charge in [0, 0.05) is 6.20 Å². The number of hydrogen-bond acceptors (Lipinski definition) is 4. The topological polar surface area (TPSA) is 88.5 Å². The smallest absolute Gasteiger partial charge is 0.422 e. The van der Waals surface area contributed by atoms with Gasteiger partial charge in [-0.1, -0.05) is 13.3 Å². The van der Waals surface area contributed by atoms with Crippen molar-refractivity contribution in [2.45, 2.75) is 32.0 Å². The predicted molar refractivity (Wildman–Crippen MR) is 69.6 cm³/mol. The number of hydrogen-bond donors (Lipinski definition) is 2. The maximum absolute atomic E-state index is 12.2. The number of pyridine rings is 1. The fourth-order valence-corrected chi connectivity index (χ4v) is 1.61. The Bertz CT molecular complexity index is 534.